The number of imidazole rings is 1. The van der Waals surface area contributed by atoms with Gasteiger partial charge in [0.2, 0.25) is 0 Å². The minimum absolute atomic E-state index is 0. The van der Waals surface area contributed by atoms with Crippen molar-refractivity contribution < 1.29 is 35.9 Å². The largest absolute Gasteiger partial charge is 0.510 e. The second-order valence-electron chi connectivity index (χ2n) is 14.3. The summed E-state index contributed by atoms with van der Waals surface area (Å²) in [5.74, 6) is 1.71. The Hall–Kier alpha value is -6.55. The average molecular weight is 948 g/mol. The molecule has 3 aromatic heterocycles. The molecule has 0 aliphatic heterocycles. The van der Waals surface area contributed by atoms with Gasteiger partial charge < -0.3 is 13.9 Å². The van der Waals surface area contributed by atoms with Crippen LogP contribution in [-0.4, -0.2) is 14.1 Å². The topological polar surface area (TPSA) is 35.9 Å². The molecular weight excluding hydrogens is 904 g/mol. The van der Waals surface area contributed by atoms with Gasteiger partial charge in [-0.05, 0) is 75.8 Å². The summed E-state index contributed by atoms with van der Waals surface area (Å²) in [5.41, 5.74) is 9.96. The van der Waals surface area contributed by atoms with Crippen LogP contribution in [0.4, 0.5) is 0 Å². The van der Waals surface area contributed by atoms with Crippen molar-refractivity contribution in [2.24, 2.45) is 0 Å². The Kier molecular flexibility index (Phi) is 9.27. The first-order valence-corrected chi connectivity index (χ1v) is 19.7. The van der Waals surface area contributed by atoms with Crippen LogP contribution in [0.15, 0.2) is 176 Å². The third-order valence-corrected chi connectivity index (χ3v) is 10.9. The van der Waals surface area contributed by atoms with E-state index in [1.54, 1.807) is 16.8 Å². The molecule has 0 unspecified atom stereocenters. The van der Waals surface area contributed by atoms with Gasteiger partial charge in [-0.2, -0.15) is 18.2 Å². The van der Waals surface area contributed by atoms with E-state index >= 15 is 0 Å². The Morgan fingerprint density at radius 2 is 1.36 bits per heavy atom. The predicted molar refractivity (Wildman–Crippen MR) is 234 cm³/mol. The summed E-state index contributed by atoms with van der Waals surface area (Å²) < 4.78 is 47.5. The zero-order valence-corrected chi connectivity index (χ0v) is 34.7. The summed E-state index contributed by atoms with van der Waals surface area (Å²) in [4.78, 5) is 4.74. The fourth-order valence-corrected chi connectivity index (χ4v) is 8.12. The first-order valence-electron chi connectivity index (χ1n) is 21.7. The fourth-order valence-electron chi connectivity index (χ4n) is 8.12. The van der Waals surface area contributed by atoms with Gasteiger partial charge >= 0.3 is 0 Å². The fraction of sp³-hybridized carbons (Fsp3) is 0.0943. The van der Waals surface area contributed by atoms with Crippen molar-refractivity contribution in [2.75, 3.05) is 0 Å². The quantitative estimate of drug-likeness (QED) is 0.101. The van der Waals surface area contributed by atoms with Crippen LogP contribution in [0.2, 0.25) is 0 Å². The minimum Gasteiger partial charge on any atom is -0.510 e. The second-order valence-corrected chi connectivity index (χ2v) is 14.3. The van der Waals surface area contributed by atoms with Crippen LogP contribution >= 0.6 is 0 Å². The average Bonchev–Trinajstić information content (AvgIpc) is 3.88. The van der Waals surface area contributed by atoms with E-state index in [-0.39, 0.29) is 45.2 Å². The Labute approximate surface area is 364 Å². The van der Waals surface area contributed by atoms with Gasteiger partial charge in [-0.25, -0.2) is 4.98 Å². The predicted octanol–water partition coefficient (Wildman–Crippen LogP) is 12.8. The molecule has 10 rings (SSSR count). The SMILES string of the molecule is [2H]c1c([2H])c([2H])c2c(c1[2H])c1ccc(Oc3[c-]c(-n4[c-][n+](-c5c(-c6ccccc6)cccc5-c5ccccc5)c5ccccc54)ccc3)[c-]c1n2-c1cc(C(CC)CC)ccn1.[Pt]. The van der Waals surface area contributed by atoms with Gasteiger partial charge in [0.15, 0.2) is 0 Å². The van der Waals surface area contributed by atoms with Gasteiger partial charge in [-0.15, -0.1) is 29.7 Å². The molecule has 0 amide bonds. The molecule has 7 aromatic carbocycles. The Morgan fingerprint density at radius 3 is 2.10 bits per heavy atom. The molecular formula is C53H40N4OPt-2. The Bertz CT molecular complexity index is 3250. The zero-order chi connectivity index (χ0) is 42.5. The summed E-state index contributed by atoms with van der Waals surface area (Å²) in [5, 5.41) is 1.03. The van der Waals surface area contributed by atoms with Gasteiger partial charge in [0.05, 0.1) is 22.2 Å². The third kappa shape index (κ3) is 6.96. The van der Waals surface area contributed by atoms with E-state index in [4.69, 9.17) is 15.2 Å². The van der Waals surface area contributed by atoms with Crippen molar-refractivity contribution in [3.63, 3.8) is 0 Å². The van der Waals surface area contributed by atoms with Crippen LogP contribution in [0, 0.1) is 18.5 Å². The maximum atomic E-state index is 9.03. The molecule has 10 aromatic rings. The van der Waals surface area contributed by atoms with Crippen LogP contribution < -0.4 is 9.30 Å². The maximum Gasteiger partial charge on any atom is 0.268 e. The monoisotopic (exact) mass is 947 g/mol. The summed E-state index contributed by atoms with van der Waals surface area (Å²) >= 11 is 0. The molecule has 6 heteroatoms. The van der Waals surface area contributed by atoms with Crippen LogP contribution in [-0.2, 0) is 21.1 Å². The van der Waals surface area contributed by atoms with Gasteiger partial charge in [-0.3, -0.25) is 4.57 Å². The summed E-state index contributed by atoms with van der Waals surface area (Å²) in [6, 6.07) is 55.0. The van der Waals surface area contributed by atoms with Crippen molar-refractivity contribution >= 4 is 32.8 Å². The van der Waals surface area contributed by atoms with Crippen LogP contribution in [0.1, 0.15) is 43.7 Å². The van der Waals surface area contributed by atoms with Crippen LogP contribution in [0.3, 0.4) is 0 Å². The first kappa shape index (κ1) is 33.4. The summed E-state index contributed by atoms with van der Waals surface area (Å²) in [7, 11) is 0. The third-order valence-electron chi connectivity index (χ3n) is 10.9. The molecule has 59 heavy (non-hydrogen) atoms. The summed E-state index contributed by atoms with van der Waals surface area (Å²) in [6.45, 7) is 4.33. The van der Waals surface area contributed by atoms with E-state index in [2.05, 4.69) is 116 Å². The molecule has 0 aliphatic rings. The van der Waals surface area contributed by atoms with Crippen molar-refractivity contribution in [3.05, 3.63) is 200 Å². The molecule has 5 nitrogen and oxygen atoms in total. The number of pyridine rings is 1. The number of rotatable bonds is 10. The van der Waals surface area contributed by atoms with Gasteiger partial charge in [0.1, 0.15) is 5.82 Å². The van der Waals surface area contributed by atoms with Crippen LogP contribution in [0.5, 0.6) is 11.5 Å². The van der Waals surface area contributed by atoms with Crippen molar-refractivity contribution in [1.82, 2.24) is 14.1 Å². The molecule has 0 saturated carbocycles. The number of aromatic nitrogens is 4. The standard InChI is InChI=1S/C53H40N4O.Pt/c1-3-37(4-2)40-31-32-54-52(33-40)57-48-26-12-11-23-46(48)47-30-29-43(35-51(47)57)58-42-22-15-21-41(34-42)55-36-56(50-28-14-13-27-49(50)55)53-44(38-17-7-5-8-18-38)24-16-25-45(53)39-19-9-6-10-20-39;/h5-33,37H,3-4H2,1-2H3;/q-2;/i11D,12D,23D,26D;. The van der Waals surface area contributed by atoms with Gasteiger partial charge in [0, 0.05) is 44.3 Å². The second kappa shape index (κ2) is 16.4. The molecule has 0 fully saturated rings. The normalized spacial score (nSPS) is 12.3. The number of ether oxygens (including phenoxy) is 1. The van der Waals surface area contributed by atoms with Crippen molar-refractivity contribution in [3.8, 4) is 50.9 Å². The molecule has 0 atom stereocenters. The molecule has 0 radical (unpaired) electrons. The number of hydrogen-bond donors (Lipinski definition) is 0. The Morgan fingerprint density at radius 1 is 0.678 bits per heavy atom. The van der Waals surface area contributed by atoms with Gasteiger partial charge in [0.25, 0.3) is 6.33 Å². The minimum atomic E-state index is -0.305. The van der Waals surface area contributed by atoms with E-state index in [0.29, 0.717) is 45.0 Å². The van der Waals surface area contributed by atoms with E-state index < -0.39 is 0 Å². The maximum absolute atomic E-state index is 9.03. The molecule has 0 spiro atoms. The summed E-state index contributed by atoms with van der Waals surface area (Å²) in [6.07, 6.45) is 7.38. The number of para-hydroxylation sites is 4. The molecule has 0 N–H and O–H groups in total. The van der Waals surface area contributed by atoms with E-state index in [1.807, 2.05) is 65.2 Å². The number of fused-ring (bicyclic) bond motifs is 4. The molecule has 0 saturated heterocycles. The molecule has 3 heterocycles. The molecule has 290 valence electrons. The molecule has 0 aliphatic carbocycles. The first-order chi connectivity index (χ1) is 30.3. The number of nitrogens with zero attached hydrogens (tertiary/aromatic N) is 4. The van der Waals surface area contributed by atoms with Gasteiger partial charge in [-0.1, -0.05) is 141 Å². The Balaban J connectivity index is 0.00000504. The van der Waals surface area contributed by atoms with Crippen LogP contribution in [0.25, 0.3) is 72.3 Å². The smallest absolute Gasteiger partial charge is 0.268 e. The number of benzene rings is 7. The van der Waals surface area contributed by atoms with E-state index in [1.165, 1.54) is 0 Å². The zero-order valence-electron chi connectivity index (χ0n) is 36.4. The van der Waals surface area contributed by atoms with Crippen molar-refractivity contribution in [1.29, 1.82) is 0 Å². The van der Waals surface area contributed by atoms with Crippen molar-refractivity contribution in [2.45, 2.75) is 32.6 Å². The van der Waals surface area contributed by atoms with E-state index in [0.717, 1.165) is 63.1 Å². The molecule has 0 bridgehead atoms. The number of hydrogen-bond acceptors (Lipinski definition) is 2. The van der Waals surface area contributed by atoms with E-state index in [9.17, 15) is 0 Å².